The van der Waals surface area contributed by atoms with Crippen LogP contribution in [0.15, 0.2) is 24.3 Å². The summed E-state index contributed by atoms with van der Waals surface area (Å²) in [6.07, 6.45) is 5.22. The van der Waals surface area contributed by atoms with Crippen molar-refractivity contribution >= 4 is 23.9 Å². The van der Waals surface area contributed by atoms with Gasteiger partial charge in [0.05, 0.1) is 0 Å². The summed E-state index contributed by atoms with van der Waals surface area (Å²) in [5, 5.41) is 3.92. The Bertz CT molecular complexity index is 522. The van der Waals surface area contributed by atoms with E-state index in [4.69, 9.17) is 16.3 Å². The van der Waals surface area contributed by atoms with E-state index in [-0.39, 0.29) is 18.6 Å². The monoisotopic (exact) mass is 351 g/mol. The molecule has 5 nitrogen and oxygen atoms in total. The van der Waals surface area contributed by atoms with Gasteiger partial charge in [-0.05, 0) is 37.1 Å². The highest BCUT2D eigenvalue weighted by Gasteiger charge is 2.29. The Kier molecular flexibility index (Phi) is 8.22. The molecule has 1 aliphatic heterocycles. The number of halogens is 1. The van der Waals surface area contributed by atoms with Gasteiger partial charge in [-0.15, -0.1) is 0 Å². The lowest BCUT2D eigenvalue weighted by Crippen LogP contribution is -2.55. The molecule has 0 amide bonds. The summed E-state index contributed by atoms with van der Waals surface area (Å²) in [6.45, 7) is 3.43. The molecule has 1 N–H and O–H groups in total. The van der Waals surface area contributed by atoms with Crippen molar-refractivity contribution in [3.8, 4) is 0 Å². The second-order valence-corrected chi connectivity index (χ2v) is 6.38. The number of ether oxygens (including phenoxy) is 1. The SMILES string of the molecule is O=[C]CCCCCN1CCNCC1C(=O)OCc1ccc(Cl)cc1. The number of benzene rings is 1. The highest BCUT2D eigenvalue weighted by Crippen LogP contribution is 2.13. The van der Waals surface area contributed by atoms with Crippen LogP contribution in [0.25, 0.3) is 0 Å². The van der Waals surface area contributed by atoms with Crippen molar-refractivity contribution in [1.29, 1.82) is 0 Å². The van der Waals surface area contributed by atoms with Crippen molar-refractivity contribution in [3.63, 3.8) is 0 Å². The van der Waals surface area contributed by atoms with E-state index in [2.05, 4.69) is 10.2 Å². The first-order chi connectivity index (χ1) is 11.7. The van der Waals surface area contributed by atoms with Gasteiger partial charge in [0.1, 0.15) is 12.6 Å². The molecule has 1 saturated heterocycles. The van der Waals surface area contributed by atoms with Crippen LogP contribution >= 0.6 is 11.6 Å². The number of carbonyl (C=O) groups is 1. The molecule has 1 radical (unpaired) electrons. The van der Waals surface area contributed by atoms with Gasteiger partial charge in [0.15, 0.2) is 6.29 Å². The van der Waals surface area contributed by atoms with Crippen LogP contribution in [0.1, 0.15) is 31.2 Å². The summed E-state index contributed by atoms with van der Waals surface area (Å²) in [6, 6.07) is 7.04. The lowest BCUT2D eigenvalue weighted by molar-refractivity contribution is -0.152. The van der Waals surface area contributed by atoms with Crippen LogP contribution in [0, 0.1) is 0 Å². The van der Waals surface area contributed by atoms with Crippen LogP contribution in [0.4, 0.5) is 0 Å². The van der Waals surface area contributed by atoms with Crippen LogP contribution in [0.5, 0.6) is 0 Å². The molecule has 0 saturated carbocycles. The highest BCUT2D eigenvalue weighted by atomic mass is 35.5. The molecule has 1 fully saturated rings. The van der Waals surface area contributed by atoms with Gasteiger partial charge in [0.25, 0.3) is 0 Å². The first-order valence-corrected chi connectivity index (χ1v) is 8.79. The van der Waals surface area contributed by atoms with Gasteiger partial charge in [-0.25, -0.2) is 0 Å². The Hall–Kier alpha value is -1.43. The van der Waals surface area contributed by atoms with Crippen molar-refractivity contribution in [2.24, 2.45) is 0 Å². The number of hydrogen-bond acceptors (Lipinski definition) is 5. The molecule has 6 heteroatoms. The molecular formula is C18H24ClN2O3. The molecule has 24 heavy (non-hydrogen) atoms. The minimum absolute atomic E-state index is 0.196. The average Bonchev–Trinajstić information content (AvgIpc) is 2.61. The Balaban J connectivity index is 1.78. The number of nitrogens with one attached hydrogen (secondary N) is 1. The fourth-order valence-electron chi connectivity index (χ4n) is 2.77. The molecule has 2 rings (SSSR count). The number of carbonyl (C=O) groups excluding carboxylic acids is 2. The number of unbranched alkanes of at least 4 members (excludes halogenated alkanes) is 3. The highest BCUT2D eigenvalue weighted by molar-refractivity contribution is 6.30. The van der Waals surface area contributed by atoms with Gasteiger partial charge in [0, 0.05) is 31.1 Å². The molecule has 0 aromatic heterocycles. The zero-order chi connectivity index (χ0) is 17.2. The average molecular weight is 352 g/mol. The lowest BCUT2D eigenvalue weighted by Gasteiger charge is -2.34. The topological polar surface area (TPSA) is 58.6 Å². The Morgan fingerprint density at radius 2 is 2.08 bits per heavy atom. The number of nitrogens with zero attached hydrogens (tertiary/aromatic N) is 1. The first-order valence-electron chi connectivity index (χ1n) is 8.41. The van der Waals surface area contributed by atoms with E-state index in [1.54, 1.807) is 12.1 Å². The molecule has 1 atom stereocenters. The van der Waals surface area contributed by atoms with Crippen molar-refractivity contribution in [1.82, 2.24) is 10.2 Å². The van der Waals surface area contributed by atoms with Gasteiger partial charge < -0.3 is 10.1 Å². The molecule has 131 valence electrons. The predicted octanol–water partition coefficient (Wildman–Crippen LogP) is 2.33. The summed E-state index contributed by atoms with van der Waals surface area (Å²) >= 11 is 5.85. The van der Waals surface area contributed by atoms with Crippen LogP contribution < -0.4 is 5.32 Å². The quantitative estimate of drug-likeness (QED) is 0.546. The van der Waals surface area contributed by atoms with Gasteiger partial charge in [-0.1, -0.05) is 30.2 Å². The first kappa shape index (κ1) is 18.9. The summed E-state index contributed by atoms with van der Waals surface area (Å²) in [7, 11) is 0. The zero-order valence-corrected chi connectivity index (χ0v) is 14.6. The Morgan fingerprint density at radius 3 is 2.83 bits per heavy atom. The fraction of sp³-hybridized carbons (Fsp3) is 0.556. The second kappa shape index (κ2) is 10.4. The van der Waals surface area contributed by atoms with E-state index < -0.39 is 0 Å². The molecular weight excluding hydrogens is 328 g/mol. The number of esters is 1. The smallest absolute Gasteiger partial charge is 0.325 e. The van der Waals surface area contributed by atoms with E-state index in [1.165, 1.54) is 0 Å². The Morgan fingerprint density at radius 1 is 1.29 bits per heavy atom. The third kappa shape index (κ3) is 6.23. The van der Waals surface area contributed by atoms with Crippen molar-refractivity contribution in [2.45, 2.75) is 38.3 Å². The normalized spacial score (nSPS) is 18.3. The Labute approximate surface area is 148 Å². The van der Waals surface area contributed by atoms with Crippen molar-refractivity contribution in [2.75, 3.05) is 26.2 Å². The van der Waals surface area contributed by atoms with Crippen molar-refractivity contribution < 1.29 is 14.3 Å². The maximum atomic E-state index is 12.4. The molecule has 1 aliphatic rings. The van der Waals surface area contributed by atoms with Crippen LogP contribution in [-0.4, -0.2) is 49.4 Å². The van der Waals surface area contributed by atoms with E-state index in [0.29, 0.717) is 18.0 Å². The largest absolute Gasteiger partial charge is 0.460 e. The van der Waals surface area contributed by atoms with E-state index in [0.717, 1.165) is 44.5 Å². The van der Waals surface area contributed by atoms with E-state index >= 15 is 0 Å². The lowest BCUT2D eigenvalue weighted by atomic mass is 10.1. The predicted molar refractivity (Wildman–Crippen MR) is 93.6 cm³/mol. The summed E-state index contributed by atoms with van der Waals surface area (Å²) in [5.74, 6) is -0.196. The molecule has 1 unspecified atom stereocenters. The van der Waals surface area contributed by atoms with Crippen LogP contribution in [0.3, 0.4) is 0 Å². The molecule has 1 aromatic rings. The fourth-order valence-corrected chi connectivity index (χ4v) is 2.89. The van der Waals surface area contributed by atoms with Gasteiger partial charge >= 0.3 is 5.97 Å². The van der Waals surface area contributed by atoms with Crippen molar-refractivity contribution in [3.05, 3.63) is 34.9 Å². The number of rotatable bonds is 9. The maximum absolute atomic E-state index is 12.4. The standard InChI is InChI=1S/C18H24ClN2O3/c19-16-7-5-15(6-8-16)14-24-18(23)17-13-20-9-11-21(17)10-3-1-2-4-12-22/h5-8,17,20H,1-4,9-11,13-14H2. The van der Waals surface area contributed by atoms with Gasteiger partial charge in [-0.3, -0.25) is 14.5 Å². The molecule has 0 bridgehead atoms. The molecule has 1 heterocycles. The zero-order valence-electron chi connectivity index (χ0n) is 13.8. The van der Waals surface area contributed by atoms with Crippen LogP contribution in [-0.2, 0) is 20.9 Å². The number of hydrogen-bond donors (Lipinski definition) is 1. The van der Waals surface area contributed by atoms with E-state index in [1.807, 2.05) is 18.4 Å². The van der Waals surface area contributed by atoms with Crippen LogP contribution in [0.2, 0.25) is 5.02 Å². The van der Waals surface area contributed by atoms with Gasteiger partial charge in [-0.2, -0.15) is 0 Å². The number of piperazine rings is 1. The third-order valence-electron chi connectivity index (χ3n) is 4.14. The molecule has 0 aliphatic carbocycles. The minimum Gasteiger partial charge on any atom is -0.460 e. The summed E-state index contributed by atoms with van der Waals surface area (Å²) in [4.78, 5) is 24.8. The molecule has 0 spiro atoms. The van der Waals surface area contributed by atoms with E-state index in [9.17, 15) is 9.59 Å². The maximum Gasteiger partial charge on any atom is 0.325 e. The second-order valence-electron chi connectivity index (χ2n) is 5.95. The third-order valence-corrected chi connectivity index (χ3v) is 4.40. The summed E-state index contributed by atoms with van der Waals surface area (Å²) in [5.41, 5.74) is 0.924. The summed E-state index contributed by atoms with van der Waals surface area (Å²) < 4.78 is 5.47. The minimum atomic E-state index is -0.247. The molecule has 1 aromatic carbocycles. The van der Waals surface area contributed by atoms with Gasteiger partial charge in [0.2, 0.25) is 0 Å².